The van der Waals surface area contributed by atoms with E-state index in [1.807, 2.05) is 61.3 Å². The molecule has 0 bridgehead atoms. The van der Waals surface area contributed by atoms with Crippen LogP contribution in [0.3, 0.4) is 0 Å². The van der Waals surface area contributed by atoms with Gasteiger partial charge in [0.2, 0.25) is 0 Å². The number of carbonyl (C=O) groups is 1. The summed E-state index contributed by atoms with van der Waals surface area (Å²) in [6.07, 6.45) is 5.12. The van der Waals surface area contributed by atoms with Crippen LogP contribution in [0.25, 0.3) is 0 Å². The molecule has 2 aromatic carbocycles. The van der Waals surface area contributed by atoms with Crippen molar-refractivity contribution in [1.29, 1.82) is 0 Å². The topological polar surface area (TPSA) is 37.3 Å². The maximum atomic E-state index is 13.6. The summed E-state index contributed by atoms with van der Waals surface area (Å²) in [4.78, 5) is 15.0. The minimum atomic E-state index is -0.236. The highest BCUT2D eigenvalue weighted by Crippen LogP contribution is 2.19. The number of nitrogens with one attached hydrogen (secondary N) is 1. The van der Waals surface area contributed by atoms with Gasteiger partial charge in [-0.05, 0) is 67.3 Å². The third-order valence-electron chi connectivity index (χ3n) is 5.68. The molecule has 1 aromatic heterocycles. The molecule has 2 amide bonds. The predicted octanol–water partition coefficient (Wildman–Crippen LogP) is 6.52. The number of unbranched alkanes of at least 4 members (excludes halogenated alkanes) is 2. The molecular weight excluding hydrogens is 389 g/mol. The molecular formula is C26H32FN3O. The second-order valence-electron chi connectivity index (χ2n) is 8.06. The maximum absolute atomic E-state index is 13.6. The molecule has 0 aliphatic rings. The SMILES string of the molecule is CCCCCN(Cc1cccn1Cc1cccc(F)c1)C(=O)Nc1cccc(C)c1C. The van der Waals surface area contributed by atoms with Crippen LogP contribution < -0.4 is 5.32 Å². The minimum absolute atomic E-state index is 0.0942. The molecule has 4 nitrogen and oxygen atoms in total. The molecule has 0 aliphatic heterocycles. The number of carbonyl (C=O) groups excluding carboxylic acids is 1. The van der Waals surface area contributed by atoms with Gasteiger partial charge in [-0.15, -0.1) is 0 Å². The average molecular weight is 422 g/mol. The van der Waals surface area contributed by atoms with Gasteiger partial charge in [0.1, 0.15) is 5.82 Å². The first-order valence-electron chi connectivity index (χ1n) is 11.0. The van der Waals surface area contributed by atoms with Gasteiger partial charge in [0.15, 0.2) is 0 Å². The Hall–Kier alpha value is -3.08. The van der Waals surface area contributed by atoms with E-state index in [1.165, 1.54) is 6.07 Å². The zero-order chi connectivity index (χ0) is 22.2. The Labute approximate surface area is 184 Å². The van der Waals surface area contributed by atoms with Crippen molar-refractivity contribution in [2.75, 3.05) is 11.9 Å². The number of anilines is 1. The van der Waals surface area contributed by atoms with Gasteiger partial charge in [-0.25, -0.2) is 9.18 Å². The number of benzene rings is 2. The molecule has 0 saturated carbocycles. The van der Waals surface area contributed by atoms with Crippen LogP contribution in [-0.2, 0) is 13.1 Å². The number of amides is 2. The molecule has 0 radical (unpaired) electrons. The summed E-state index contributed by atoms with van der Waals surface area (Å²) in [5, 5.41) is 3.10. The summed E-state index contributed by atoms with van der Waals surface area (Å²) >= 11 is 0. The Morgan fingerprint density at radius 1 is 1.06 bits per heavy atom. The molecule has 3 aromatic rings. The maximum Gasteiger partial charge on any atom is 0.322 e. The normalized spacial score (nSPS) is 10.8. The number of rotatable bonds is 9. The zero-order valence-corrected chi connectivity index (χ0v) is 18.7. The van der Waals surface area contributed by atoms with Crippen LogP contribution in [0.4, 0.5) is 14.9 Å². The molecule has 0 fully saturated rings. The molecule has 0 unspecified atom stereocenters. The van der Waals surface area contributed by atoms with Gasteiger partial charge in [-0.2, -0.15) is 0 Å². The molecule has 31 heavy (non-hydrogen) atoms. The first-order chi connectivity index (χ1) is 15.0. The van der Waals surface area contributed by atoms with Crippen molar-refractivity contribution in [3.05, 3.63) is 89.0 Å². The standard InChI is InChI=1S/C26H32FN3O/c1-4-5-6-15-30(26(31)28-25-14-7-10-20(2)21(25)3)19-24-13-9-16-29(24)18-22-11-8-12-23(27)17-22/h7-14,16-17H,4-6,15,18-19H2,1-3H3,(H,28,31). The number of aromatic nitrogens is 1. The molecule has 0 atom stereocenters. The average Bonchev–Trinajstić information content (AvgIpc) is 3.17. The summed E-state index contributed by atoms with van der Waals surface area (Å²) in [7, 11) is 0. The van der Waals surface area contributed by atoms with Crippen LogP contribution in [0.15, 0.2) is 60.8 Å². The highest BCUT2D eigenvalue weighted by molar-refractivity contribution is 5.90. The van der Waals surface area contributed by atoms with Crippen molar-refractivity contribution in [1.82, 2.24) is 9.47 Å². The number of halogens is 1. The number of aryl methyl sites for hydroxylation is 1. The van der Waals surface area contributed by atoms with E-state index in [2.05, 4.69) is 16.8 Å². The van der Waals surface area contributed by atoms with Crippen molar-refractivity contribution in [3.8, 4) is 0 Å². The Bertz CT molecular complexity index is 1010. The van der Waals surface area contributed by atoms with E-state index in [-0.39, 0.29) is 11.8 Å². The molecule has 0 spiro atoms. The first kappa shape index (κ1) is 22.6. The van der Waals surface area contributed by atoms with Crippen LogP contribution in [-0.4, -0.2) is 22.0 Å². The Morgan fingerprint density at radius 3 is 2.65 bits per heavy atom. The molecule has 1 N–H and O–H groups in total. The van der Waals surface area contributed by atoms with Gasteiger partial charge in [0, 0.05) is 30.7 Å². The van der Waals surface area contributed by atoms with Gasteiger partial charge >= 0.3 is 6.03 Å². The summed E-state index contributed by atoms with van der Waals surface area (Å²) < 4.78 is 15.7. The van der Waals surface area contributed by atoms with Crippen LogP contribution in [0.5, 0.6) is 0 Å². The highest BCUT2D eigenvalue weighted by Gasteiger charge is 2.17. The summed E-state index contributed by atoms with van der Waals surface area (Å²) in [5.74, 6) is -0.236. The lowest BCUT2D eigenvalue weighted by Crippen LogP contribution is -2.36. The van der Waals surface area contributed by atoms with Crippen LogP contribution in [0.1, 0.15) is 48.6 Å². The summed E-state index contributed by atoms with van der Waals surface area (Å²) in [6.45, 7) is 7.99. The number of nitrogens with zero attached hydrogens (tertiary/aromatic N) is 2. The number of hydrogen-bond acceptors (Lipinski definition) is 1. The van der Waals surface area contributed by atoms with Crippen LogP contribution >= 0.6 is 0 Å². The van der Waals surface area contributed by atoms with E-state index in [1.54, 1.807) is 12.1 Å². The second-order valence-corrected chi connectivity index (χ2v) is 8.06. The van der Waals surface area contributed by atoms with E-state index < -0.39 is 0 Å². The van der Waals surface area contributed by atoms with Crippen molar-refractivity contribution >= 4 is 11.7 Å². The van der Waals surface area contributed by atoms with E-state index in [9.17, 15) is 9.18 Å². The van der Waals surface area contributed by atoms with Gasteiger partial charge < -0.3 is 14.8 Å². The largest absolute Gasteiger partial charge is 0.345 e. The number of hydrogen-bond donors (Lipinski definition) is 1. The molecule has 164 valence electrons. The Balaban J connectivity index is 1.76. The lowest BCUT2D eigenvalue weighted by atomic mass is 10.1. The molecule has 5 heteroatoms. The van der Waals surface area contributed by atoms with E-state index in [4.69, 9.17) is 0 Å². The van der Waals surface area contributed by atoms with Gasteiger partial charge in [0.05, 0.1) is 6.54 Å². The fourth-order valence-electron chi connectivity index (χ4n) is 3.66. The minimum Gasteiger partial charge on any atom is -0.345 e. The molecule has 1 heterocycles. The fourth-order valence-corrected chi connectivity index (χ4v) is 3.66. The van der Waals surface area contributed by atoms with E-state index in [0.29, 0.717) is 19.6 Å². The third kappa shape index (κ3) is 6.20. The van der Waals surface area contributed by atoms with Gasteiger partial charge in [-0.1, -0.05) is 44.0 Å². The van der Waals surface area contributed by atoms with Gasteiger partial charge in [-0.3, -0.25) is 0 Å². The number of urea groups is 1. The highest BCUT2D eigenvalue weighted by atomic mass is 19.1. The Kier molecular flexibility index (Phi) is 7.88. The molecule has 3 rings (SSSR count). The molecule has 0 saturated heterocycles. The second kappa shape index (κ2) is 10.8. The third-order valence-corrected chi connectivity index (χ3v) is 5.68. The van der Waals surface area contributed by atoms with E-state index >= 15 is 0 Å². The van der Waals surface area contributed by atoms with Crippen molar-refractivity contribution in [2.24, 2.45) is 0 Å². The van der Waals surface area contributed by atoms with Crippen molar-refractivity contribution < 1.29 is 9.18 Å². The van der Waals surface area contributed by atoms with Crippen LogP contribution in [0.2, 0.25) is 0 Å². The lowest BCUT2D eigenvalue weighted by molar-refractivity contribution is 0.206. The summed E-state index contributed by atoms with van der Waals surface area (Å²) in [6, 6.07) is 16.5. The smallest absolute Gasteiger partial charge is 0.322 e. The first-order valence-corrected chi connectivity index (χ1v) is 11.0. The fraction of sp³-hybridized carbons (Fsp3) is 0.346. The van der Waals surface area contributed by atoms with Crippen molar-refractivity contribution in [3.63, 3.8) is 0 Å². The Morgan fingerprint density at radius 2 is 1.87 bits per heavy atom. The van der Waals surface area contributed by atoms with E-state index in [0.717, 1.165) is 47.3 Å². The zero-order valence-electron chi connectivity index (χ0n) is 18.7. The van der Waals surface area contributed by atoms with Crippen LogP contribution in [0, 0.1) is 19.7 Å². The summed E-state index contributed by atoms with van der Waals surface area (Å²) in [5.41, 5.74) is 5.01. The monoisotopic (exact) mass is 421 g/mol. The van der Waals surface area contributed by atoms with Gasteiger partial charge in [0.25, 0.3) is 0 Å². The molecule has 0 aliphatic carbocycles. The quantitative estimate of drug-likeness (QED) is 0.393. The predicted molar refractivity (Wildman–Crippen MR) is 125 cm³/mol. The van der Waals surface area contributed by atoms with Crippen molar-refractivity contribution in [2.45, 2.75) is 53.1 Å². The lowest BCUT2D eigenvalue weighted by Gasteiger charge is -2.25.